The van der Waals surface area contributed by atoms with Crippen LogP contribution >= 0.6 is 11.8 Å². The molecule has 1 aliphatic rings. The maximum absolute atomic E-state index is 12.8. The van der Waals surface area contributed by atoms with E-state index in [1.54, 1.807) is 11.8 Å². The first-order valence-electron chi connectivity index (χ1n) is 8.43. The zero-order chi connectivity index (χ0) is 17.8. The average Bonchev–Trinajstić information content (AvgIpc) is 2.62. The molecule has 0 saturated heterocycles. The monoisotopic (exact) mass is 354 g/mol. The number of carbonyl (C=O) groups is 2. The first-order chi connectivity index (χ1) is 12.0. The number of thioether (sulfide) groups is 1. The fraction of sp³-hybridized carbons (Fsp3) is 0.300. The molecule has 1 aliphatic heterocycles. The number of benzene rings is 2. The highest BCUT2D eigenvalue weighted by Gasteiger charge is 2.25. The van der Waals surface area contributed by atoms with Crippen LogP contribution in [0.25, 0.3) is 0 Å². The predicted octanol–water partition coefficient (Wildman–Crippen LogP) is 3.71. The second-order valence-corrected chi connectivity index (χ2v) is 7.66. The molecule has 130 valence electrons. The van der Waals surface area contributed by atoms with Crippen LogP contribution in [0.5, 0.6) is 0 Å². The van der Waals surface area contributed by atoms with Crippen molar-refractivity contribution in [3.63, 3.8) is 0 Å². The zero-order valence-corrected chi connectivity index (χ0v) is 15.3. The van der Waals surface area contributed by atoms with Crippen LogP contribution in [0.15, 0.2) is 53.4 Å². The number of rotatable bonds is 4. The maximum atomic E-state index is 12.8. The van der Waals surface area contributed by atoms with Gasteiger partial charge in [0.25, 0.3) is 0 Å². The summed E-state index contributed by atoms with van der Waals surface area (Å²) in [4.78, 5) is 26.8. The summed E-state index contributed by atoms with van der Waals surface area (Å²) < 4.78 is 0. The number of hydrogen-bond acceptors (Lipinski definition) is 3. The number of fused-ring (bicyclic) bond motifs is 1. The third kappa shape index (κ3) is 4.42. The molecule has 0 spiro atoms. The summed E-state index contributed by atoms with van der Waals surface area (Å²) in [6, 6.07) is 15.9. The Labute approximate surface area is 152 Å². The first kappa shape index (κ1) is 17.5. The number of nitrogens with one attached hydrogen (secondary N) is 1. The van der Waals surface area contributed by atoms with Gasteiger partial charge in [0.1, 0.15) is 0 Å². The standard InChI is InChI=1S/C20H22N2O2S/c1-14(25-19-9-7-18(8-10-19)21-15(2)23)20(24)22-12-11-16-5-3-4-6-17(16)13-22/h3-10,14H,11-13H2,1-2H3,(H,21,23)/t14-/m0/s1. The molecule has 0 fully saturated rings. The molecule has 1 heterocycles. The Morgan fingerprint density at radius 1 is 1.08 bits per heavy atom. The Hall–Kier alpha value is -2.27. The van der Waals surface area contributed by atoms with E-state index in [1.807, 2.05) is 42.2 Å². The van der Waals surface area contributed by atoms with E-state index in [9.17, 15) is 9.59 Å². The topological polar surface area (TPSA) is 49.4 Å². The van der Waals surface area contributed by atoms with Crippen LogP contribution in [0.1, 0.15) is 25.0 Å². The third-order valence-corrected chi connectivity index (χ3v) is 5.38. The fourth-order valence-corrected chi connectivity index (χ4v) is 3.97. The summed E-state index contributed by atoms with van der Waals surface area (Å²) >= 11 is 1.55. The predicted molar refractivity (Wildman–Crippen MR) is 102 cm³/mol. The minimum absolute atomic E-state index is 0.0886. The number of amides is 2. The van der Waals surface area contributed by atoms with Crippen LogP contribution in [0, 0.1) is 0 Å². The van der Waals surface area contributed by atoms with Gasteiger partial charge in [-0.1, -0.05) is 24.3 Å². The lowest BCUT2D eigenvalue weighted by Crippen LogP contribution is -2.40. The van der Waals surface area contributed by atoms with Gasteiger partial charge in [-0.2, -0.15) is 0 Å². The lowest BCUT2D eigenvalue weighted by Gasteiger charge is -2.30. The Morgan fingerprint density at radius 2 is 1.76 bits per heavy atom. The van der Waals surface area contributed by atoms with Crippen molar-refractivity contribution in [3.05, 3.63) is 59.7 Å². The van der Waals surface area contributed by atoms with E-state index in [4.69, 9.17) is 0 Å². The normalized spacial score (nSPS) is 14.6. The second kappa shape index (κ2) is 7.74. The van der Waals surface area contributed by atoms with Crippen molar-refractivity contribution in [2.75, 3.05) is 11.9 Å². The molecular weight excluding hydrogens is 332 g/mol. The van der Waals surface area contributed by atoms with Gasteiger partial charge in [0.05, 0.1) is 5.25 Å². The summed E-state index contributed by atoms with van der Waals surface area (Å²) in [5.41, 5.74) is 3.36. The molecule has 0 aromatic heterocycles. The van der Waals surface area contributed by atoms with Crippen LogP contribution < -0.4 is 5.32 Å². The Kier molecular flexibility index (Phi) is 5.43. The van der Waals surface area contributed by atoms with Gasteiger partial charge in [-0.15, -0.1) is 11.8 Å². The van der Waals surface area contributed by atoms with Crippen molar-refractivity contribution in [1.82, 2.24) is 4.90 Å². The molecule has 0 unspecified atom stereocenters. The van der Waals surface area contributed by atoms with Gasteiger partial charge in [-0.25, -0.2) is 0 Å². The summed E-state index contributed by atoms with van der Waals surface area (Å²) in [5.74, 6) is 0.0831. The van der Waals surface area contributed by atoms with Crippen LogP contribution in [-0.2, 0) is 22.6 Å². The van der Waals surface area contributed by atoms with Gasteiger partial charge >= 0.3 is 0 Å². The minimum atomic E-state index is -0.142. The van der Waals surface area contributed by atoms with E-state index >= 15 is 0 Å². The molecule has 25 heavy (non-hydrogen) atoms. The van der Waals surface area contributed by atoms with Crippen molar-refractivity contribution in [2.24, 2.45) is 0 Å². The van der Waals surface area contributed by atoms with Crippen molar-refractivity contribution in [1.29, 1.82) is 0 Å². The molecule has 2 aromatic carbocycles. The van der Waals surface area contributed by atoms with Crippen molar-refractivity contribution in [2.45, 2.75) is 37.0 Å². The van der Waals surface area contributed by atoms with E-state index < -0.39 is 0 Å². The highest BCUT2D eigenvalue weighted by molar-refractivity contribution is 8.00. The molecule has 1 atom stereocenters. The van der Waals surface area contributed by atoms with Gasteiger partial charge in [0.2, 0.25) is 11.8 Å². The summed E-state index contributed by atoms with van der Waals surface area (Å²) in [6.07, 6.45) is 0.921. The SMILES string of the molecule is CC(=O)Nc1ccc(S[C@@H](C)C(=O)N2CCc3ccccc3C2)cc1. The first-order valence-corrected chi connectivity index (χ1v) is 9.31. The van der Waals surface area contributed by atoms with Crippen LogP contribution in [0.2, 0.25) is 0 Å². The van der Waals surface area contributed by atoms with E-state index in [1.165, 1.54) is 18.1 Å². The van der Waals surface area contributed by atoms with Crippen LogP contribution in [0.4, 0.5) is 5.69 Å². The van der Waals surface area contributed by atoms with Crippen molar-refractivity contribution in [3.8, 4) is 0 Å². The second-order valence-electron chi connectivity index (χ2n) is 6.24. The van der Waals surface area contributed by atoms with E-state index in [0.29, 0.717) is 6.54 Å². The molecule has 5 heteroatoms. The number of anilines is 1. The summed E-state index contributed by atoms with van der Waals surface area (Å²) in [7, 11) is 0. The number of carbonyl (C=O) groups excluding carboxylic acids is 2. The molecule has 0 radical (unpaired) electrons. The number of hydrogen-bond donors (Lipinski definition) is 1. The largest absolute Gasteiger partial charge is 0.337 e. The quantitative estimate of drug-likeness (QED) is 0.852. The van der Waals surface area contributed by atoms with Crippen molar-refractivity contribution < 1.29 is 9.59 Å². The van der Waals surface area contributed by atoms with E-state index in [2.05, 4.69) is 23.5 Å². The van der Waals surface area contributed by atoms with Gasteiger partial charge in [0, 0.05) is 30.6 Å². The van der Waals surface area contributed by atoms with Crippen molar-refractivity contribution >= 4 is 29.3 Å². The van der Waals surface area contributed by atoms with E-state index in [0.717, 1.165) is 23.5 Å². The lowest BCUT2D eigenvalue weighted by molar-refractivity contribution is -0.131. The smallest absolute Gasteiger partial charge is 0.236 e. The van der Waals surface area contributed by atoms with Crippen LogP contribution in [0.3, 0.4) is 0 Å². The highest BCUT2D eigenvalue weighted by atomic mass is 32.2. The number of nitrogens with zero attached hydrogens (tertiary/aromatic N) is 1. The molecule has 3 rings (SSSR count). The Balaban J connectivity index is 1.60. The highest BCUT2D eigenvalue weighted by Crippen LogP contribution is 2.27. The van der Waals surface area contributed by atoms with Gasteiger partial charge in [-0.05, 0) is 48.7 Å². The summed E-state index contributed by atoms with van der Waals surface area (Å²) in [5, 5.41) is 2.60. The third-order valence-electron chi connectivity index (χ3n) is 4.28. The molecule has 1 N–H and O–H groups in total. The minimum Gasteiger partial charge on any atom is -0.337 e. The fourth-order valence-electron chi connectivity index (χ4n) is 3.02. The molecule has 0 saturated carbocycles. The Bertz CT molecular complexity index is 774. The zero-order valence-electron chi connectivity index (χ0n) is 14.5. The van der Waals surface area contributed by atoms with Gasteiger partial charge < -0.3 is 10.2 Å². The molecule has 2 amide bonds. The van der Waals surface area contributed by atoms with E-state index in [-0.39, 0.29) is 17.1 Å². The maximum Gasteiger partial charge on any atom is 0.236 e. The Morgan fingerprint density at radius 3 is 2.44 bits per heavy atom. The summed E-state index contributed by atoms with van der Waals surface area (Å²) in [6.45, 7) is 4.92. The molecule has 0 bridgehead atoms. The lowest BCUT2D eigenvalue weighted by atomic mass is 10.00. The van der Waals surface area contributed by atoms with Crippen LogP contribution in [-0.4, -0.2) is 28.5 Å². The van der Waals surface area contributed by atoms with Gasteiger partial charge in [0.15, 0.2) is 0 Å². The molecule has 2 aromatic rings. The molecule has 0 aliphatic carbocycles. The average molecular weight is 354 g/mol. The van der Waals surface area contributed by atoms with Gasteiger partial charge in [-0.3, -0.25) is 9.59 Å². The molecule has 4 nitrogen and oxygen atoms in total. The molecular formula is C20H22N2O2S.